The maximum atomic E-state index is 12.7. The number of benzene rings is 3. The van der Waals surface area contributed by atoms with E-state index in [0.717, 1.165) is 16.8 Å². The molecule has 0 saturated heterocycles. The predicted molar refractivity (Wildman–Crippen MR) is 111 cm³/mol. The van der Waals surface area contributed by atoms with Crippen LogP contribution in [0.5, 0.6) is 0 Å². The van der Waals surface area contributed by atoms with Gasteiger partial charge >= 0.3 is 0 Å². The molecule has 4 rings (SSSR count). The lowest BCUT2D eigenvalue weighted by molar-refractivity contribution is 0.102. The molecule has 1 aromatic heterocycles. The summed E-state index contributed by atoms with van der Waals surface area (Å²) in [6.07, 6.45) is 1.78. The molecule has 0 atom stereocenters. The van der Waals surface area contributed by atoms with E-state index in [0.29, 0.717) is 11.4 Å². The lowest BCUT2D eigenvalue weighted by atomic mass is 10.1. The highest BCUT2D eigenvalue weighted by molar-refractivity contribution is 6.05. The van der Waals surface area contributed by atoms with E-state index < -0.39 is 0 Å². The van der Waals surface area contributed by atoms with Gasteiger partial charge < -0.3 is 5.32 Å². The van der Waals surface area contributed by atoms with Crippen molar-refractivity contribution < 1.29 is 4.79 Å². The first-order valence-corrected chi connectivity index (χ1v) is 8.38. The first-order chi connectivity index (χ1) is 12.8. The summed E-state index contributed by atoms with van der Waals surface area (Å²) < 4.78 is 1.75. The number of aromatic nitrogens is 2. The Labute approximate surface area is 163 Å². The maximum Gasteiger partial charge on any atom is 0.256 e. The molecule has 0 aliphatic carbocycles. The molecule has 0 aliphatic rings. The third-order valence-corrected chi connectivity index (χ3v) is 4.12. The molecule has 0 saturated carbocycles. The number of carbonyl (C=O) groups is 1. The summed E-state index contributed by atoms with van der Waals surface area (Å²) in [6, 6.07) is 28.8. The van der Waals surface area contributed by atoms with Crippen molar-refractivity contribution in [3.05, 3.63) is 103 Å². The van der Waals surface area contributed by atoms with Gasteiger partial charge in [-0.25, -0.2) is 4.68 Å². The standard InChI is InChI=1S/C22H17N3O.ClH/c26-22(18-12-6-2-7-13-18)24-21-20(17-10-4-1-5-11-17)16-23-25(21)19-14-8-3-9-15-19;/h1-16H,(H,24,26);1H. The van der Waals surface area contributed by atoms with Crippen molar-refractivity contribution in [2.45, 2.75) is 0 Å². The SMILES string of the molecule is Cl.O=C(Nc1c(-c2ccccc2)cnn1-c1ccccc1)c1ccccc1. The molecule has 0 unspecified atom stereocenters. The second-order valence-corrected chi connectivity index (χ2v) is 5.84. The number of hydrogen-bond acceptors (Lipinski definition) is 2. The van der Waals surface area contributed by atoms with Crippen LogP contribution in [0.2, 0.25) is 0 Å². The Hall–Kier alpha value is -3.37. The van der Waals surface area contributed by atoms with Gasteiger partial charge in [0.2, 0.25) is 0 Å². The van der Waals surface area contributed by atoms with Gasteiger partial charge in [-0.15, -0.1) is 12.4 Å². The van der Waals surface area contributed by atoms with Gasteiger partial charge in [0.25, 0.3) is 5.91 Å². The number of rotatable bonds is 4. The van der Waals surface area contributed by atoms with Crippen LogP contribution in [0.15, 0.2) is 97.2 Å². The van der Waals surface area contributed by atoms with E-state index in [1.807, 2.05) is 78.9 Å². The molecule has 0 bridgehead atoms. The van der Waals surface area contributed by atoms with Gasteiger partial charge in [-0.2, -0.15) is 5.10 Å². The number of anilines is 1. The van der Waals surface area contributed by atoms with Crippen LogP contribution < -0.4 is 5.32 Å². The molecule has 5 heteroatoms. The van der Waals surface area contributed by atoms with E-state index in [4.69, 9.17) is 0 Å². The van der Waals surface area contributed by atoms with Gasteiger partial charge in [0, 0.05) is 11.1 Å². The normalized spacial score (nSPS) is 10.1. The average Bonchev–Trinajstić information content (AvgIpc) is 3.13. The van der Waals surface area contributed by atoms with Gasteiger partial charge in [-0.3, -0.25) is 4.79 Å². The van der Waals surface area contributed by atoms with Gasteiger partial charge in [0.05, 0.1) is 11.9 Å². The van der Waals surface area contributed by atoms with Crippen LogP contribution in [0.3, 0.4) is 0 Å². The number of halogens is 1. The first-order valence-electron chi connectivity index (χ1n) is 8.38. The predicted octanol–water partition coefficient (Wildman–Crippen LogP) is 5.21. The molecule has 0 aliphatic heterocycles. The fourth-order valence-corrected chi connectivity index (χ4v) is 2.83. The molecule has 1 amide bonds. The monoisotopic (exact) mass is 375 g/mol. The van der Waals surface area contributed by atoms with Crippen molar-refractivity contribution in [3.63, 3.8) is 0 Å². The highest BCUT2D eigenvalue weighted by Crippen LogP contribution is 2.30. The minimum absolute atomic E-state index is 0. The topological polar surface area (TPSA) is 46.9 Å². The molecular weight excluding hydrogens is 358 g/mol. The zero-order chi connectivity index (χ0) is 17.8. The molecule has 134 valence electrons. The minimum Gasteiger partial charge on any atom is -0.306 e. The van der Waals surface area contributed by atoms with Crippen molar-refractivity contribution >= 4 is 24.1 Å². The van der Waals surface area contributed by atoms with Crippen LogP contribution in [0.25, 0.3) is 16.8 Å². The third-order valence-electron chi connectivity index (χ3n) is 4.12. The minimum atomic E-state index is -0.166. The second-order valence-electron chi connectivity index (χ2n) is 5.84. The summed E-state index contributed by atoms with van der Waals surface area (Å²) in [5.41, 5.74) is 3.36. The van der Waals surface area contributed by atoms with Crippen LogP contribution in [0, 0.1) is 0 Å². The highest BCUT2D eigenvalue weighted by Gasteiger charge is 2.17. The van der Waals surface area contributed by atoms with Crippen molar-refractivity contribution in [3.8, 4) is 16.8 Å². The van der Waals surface area contributed by atoms with Crippen LogP contribution in [0.4, 0.5) is 5.82 Å². The molecule has 0 radical (unpaired) electrons. The summed E-state index contributed by atoms with van der Waals surface area (Å²) in [4.78, 5) is 12.7. The van der Waals surface area contributed by atoms with Crippen LogP contribution in [-0.4, -0.2) is 15.7 Å². The number of carbonyl (C=O) groups excluding carboxylic acids is 1. The number of hydrogen-bond donors (Lipinski definition) is 1. The van der Waals surface area contributed by atoms with Crippen LogP contribution in [-0.2, 0) is 0 Å². The highest BCUT2D eigenvalue weighted by atomic mass is 35.5. The molecule has 4 nitrogen and oxygen atoms in total. The lowest BCUT2D eigenvalue weighted by Crippen LogP contribution is -2.15. The second kappa shape index (κ2) is 8.34. The van der Waals surface area contributed by atoms with E-state index in [-0.39, 0.29) is 18.3 Å². The Morgan fingerprint density at radius 2 is 1.33 bits per heavy atom. The molecule has 4 aromatic rings. The van der Waals surface area contributed by atoms with E-state index in [2.05, 4.69) is 10.4 Å². The third kappa shape index (κ3) is 3.91. The number of amides is 1. The Morgan fingerprint density at radius 1 is 0.778 bits per heavy atom. The van der Waals surface area contributed by atoms with Gasteiger partial charge in [0.15, 0.2) is 0 Å². The Balaban J connectivity index is 0.00000210. The fourth-order valence-electron chi connectivity index (χ4n) is 2.83. The molecule has 0 spiro atoms. The van der Waals surface area contributed by atoms with Gasteiger partial charge in [-0.1, -0.05) is 66.7 Å². The van der Waals surface area contributed by atoms with Crippen molar-refractivity contribution in [1.82, 2.24) is 9.78 Å². The quantitative estimate of drug-likeness (QED) is 0.532. The summed E-state index contributed by atoms with van der Waals surface area (Å²) in [5, 5.41) is 7.55. The molecule has 27 heavy (non-hydrogen) atoms. The molecule has 0 fully saturated rings. The summed E-state index contributed by atoms with van der Waals surface area (Å²) in [6.45, 7) is 0. The number of para-hydroxylation sites is 1. The van der Waals surface area contributed by atoms with Crippen molar-refractivity contribution in [2.24, 2.45) is 0 Å². The van der Waals surface area contributed by atoms with Gasteiger partial charge in [0.1, 0.15) is 5.82 Å². The summed E-state index contributed by atoms with van der Waals surface area (Å²) in [7, 11) is 0. The van der Waals surface area contributed by atoms with E-state index in [1.54, 1.807) is 23.0 Å². The summed E-state index contributed by atoms with van der Waals surface area (Å²) >= 11 is 0. The van der Waals surface area contributed by atoms with E-state index >= 15 is 0 Å². The fraction of sp³-hybridized carbons (Fsp3) is 0. The Kier molecular flexibility index (Phi) is 5.69. The van der Waals surface area contributed by atoms with Crippen molar-refractivity contribution in [2.75, 3.05) is 5.32 Å². The van der Waals surface area contributed by atoms with E-state index in [9.17, 15) is 4.79 Å². The molecular formula is C22H18ClN3O. The maximum absolute atomic E-state index is 12.7. The number of nitrogens with zero attached hydrogens (tertiary/aromatic N) is 2. The first kappa shape index (κ1) is 18.4. The van der Waals surface area contributed by atoms with Crippen LogP contribution in [0.1, 0.15) is 10.4 Å². The zero-order valence-corrected chi connectivity index (χ0v) is 15.3. The smallest absolute Gasteiger partial charge is 0.256 e. The van der Waals surface area contributed by atoms with E-state index in [1.165, 1.54) is 0 Å². The Morgan fingerprint density at radius 3 is 1.96 bits per heavy atom. The van der Waals surface area contributed by atoms with Gasteiger partial charge in [-0.05, 0) is 29.8 Å². The largest absolute Gasteiger partial charge is 0.306 e. The zero-order valence-electron chi connectivity index (χ0n) is 14.4. The van der Waals surface area contributed by atoms with Crippen LogP contribution >= 0.6 is 12.4 Å². The Bertz CT molecular complexity index is 958. The number of nitrogens with one attached hydrogen (secondary N) is 1. The molecule has 1 heterocycles. The van der Waals surface area contributed by atoms with Crippen molar-refractivity contribution in [1.29, 1.82) is 0 Å². The molecule has 3 aromatic carbocycles. The summed E-state index contributed by atoms with van der Waals surface area (Å²) in [5.74, 6) is 0.483. The average molecular weight is 376 g/mol. The lowest BCUT2D eigenvalue weighted by Gasteiger charge is -2.11. The molecule has 1 N–H and O–H groups in total.